The lowest BCUT2D eigenvalue weighted by molar-refractivity contribution is -0.0114. The molecule has 1 aliphatic rings. The summed E-state index contributed by atoms with van der Waals surface area (Å²) in [6.45, 7) is 1.66. The van der Waals surface area contributed by atoms with Gasteiger partial charge in [0.1, 0.15) is 0 Å². The third-order valence-corrected chi connectivity index (χ3v) is 6.37. The van der Waals surface area contributed by atoms with Gasteiger partial charge in [0.15, 0.2) is 11.0 Å². The monoisotopic (exact) mass is 417 g/mol. The van der Waals surface area contributed by atoms with Crippen molar-refractivity contribution in [2.24, 2.45) is 0 Å². The first kappa shape index (κ1) is 19.6. The summed E-state index contributed by atoms with van der Waals surface area (Å²) in [5.41, 5.74) is 1.00. The number of thioether (sulfide) groups is 1. The lowest BCUT2D eigenvalue weighted by atomic mass is 10.2. The average molecular weight is 418 g/mol. The number of aliphatic hydroxyl groups excluding tert-OH is 1. The summed E-state index contributed by atoms with van der Waals surface area (Å²) in [4.78, 5) is 1.06. The van der Waals surface area contributed by atoms with E-state index in [1.54, 1.807) is 11.3 Å². The second-order valence-corrected chi connectivity index (χ2v) is 8.53. The van der Waals surface area contributed by atoms with Crippen LogP contribution in [0.1, 0.15) is 12.8 Å². The number of ether oxygens (including phenoxy) is 2. The Bertz CT molecular complexity index is 849. The van der Waals surface area contributed by atoms with Crippen LogP contribution in [0.25, 0.3) is 16.4 Å². The van der Waals surface area contributed by atoms with Crippen molar-refractivity contribution < 1.29 is 14.6 Å². The van der Waals surface area contributed by atoms with E-state index in [1.807, 2.05) is 52.4 Å². The third-order valence-electron chi connectivity index (χ3n) is 4.43. The van der Waals surface area contributed by atoms with Crippen molar-refractivity contribution in [3.05, 3.63) is 47.8 Å². The van der Waals surface area contributed by atoms with E-state index >= 15 is 0 Å². The summed E-state index contributed by atoms with van der Waals surface area (Å²) in [6.07, 6.45) is 1.73. The highest BCUT2D eigenvalue weighted by atomic mass is 32.2. The van der Waals surface area contributed by atoms with Crippen LogP contribution in [0.3, 0.4) is 0 Å². The molecule has 8 heteroatoms. The van der Waals surface area contributed by atoms with Crippen LogP contribution in [-0.2, 0) is 9.47 Å². The van der Waals surface area contributed by atoms with Crippen molar-refractivity contribution in [1.29, 1.82) is 0 Å². The van der Waals surface area contributed by atoms with Gasteiger partial charge in [-0.2, -0.15) is 0 Å². The molecule has 0 radical (unpaired) electrons. The smallest absolute Gasteiger partial charge is 0.196 e. The molecule has 3 heterocycles. The fourth-order valence-corrected chi connectivity index (χ4v) is 4.62. The van der Waals surface area contributed by atoms with Crippen LogP contribution in [0.15, 0.2) is 53.0 Å². The van der Waals surface area contributed by atoms with Crippen LogP contribution < -0.4 is 0 Å². The first-order valence-electron chi connectivity index (χ1n) is 9.36. The molecule has 2 aromatic heterocycles. The van der Waals surface area contributed by atoms with Crippen LogP contribution in [0.4, 0.5) is 0 Å². The number of nitrogens with zero attached hydrogens (tertiary/aromatic N) is 3. The second kappa shape index (κ2) is 9.67. The second-order valence-electron chi connectivity index (χ2n) is 6.59. The van der Waals surface area contributed by atoms with Crippen molar-refractivity contribution in [1.82, 2.24) is 14.8 Å². The predicted molar refractivity (Wildman–Crippen MR) is 111 cm³/mol. The molecule has 1 aromatic carbocycles. The minimum atomic E-state index is -0.572. The molecule has 0 spiro atoms. The Hall–Kier alpha value is -1.71. The number of rotatable bonds is 9. The lowest BCUT2D eigenvalue weighted by Crippen LogP contribution is -2.22. The maximum Gasteiger partial charge on any atom is 0.196 e. The van der Waals surface area contributed by atoms with Crippen LogP contribution in [0.2, 0.25) is 0 Å². The largest absolute Gasteiger partial charge is 0.390 e. The van der Waals surface area contributed by atoms with Crippen molar-refractivity contribution in [2.45, 2.75) is 30.2 Å². The number of hydrogen-bond acceptors (Lipinski definition) is 7. The van der Waals surface area contributed by atoms with Crippen molar-refractivity contribution in [2.75, 3.05) is 25.6 Å². The summed E-state index contributed by atoms with van der Waals surface area (Å²) < 4.78 is 13.2. The zero-order valence-electron chi connectivity index (χ0n) is 15.4. The molecule has 3 aromatic rings. The van der Waals surface area contributed by atoms with Gasteiger partial charge in [0.2, 0.25) is 0 Å². The SMILES string of the molecule is OC(COCC1CCCO1)CSc1nnc(-c2cccs2)n1-c1ccccc1. The number of para-hydroxylation sites is 1. The summed E-state index contributed by atoms with van der Waals surface area (Å²) >= 11 is 3.12. The Labute approximate surface area is 172 Å². The minimum Gasteiger partial charge on any atom is -0.390 e. The van der Waals surface area contributed by atoms with Gasteiger partial charge in [0, 0.05) is 18.0 Å². The van der Waals surface area contributed by atoms with Crippen molar-refractivity contribution in [3.63, 3.8) is 0 Å². The molecule has 2 atom stereocenters. The molecule has 1 saturated heterocycles. The fourth-order valence-electron chi connectivity index (χ4n) is 3.07. The molecule has 0 bridgehead atoms. The van der Waals surface area contributed by atoms with Crippen LogP contribution >= 0.6 is 23.1 Å². The van der Waals surface area contributed by atoms with E-state index in [1.165, 1.54) is 11.8 Å². The minimum absolute atomic E-state index is 0.175. The number of hydrogen-bond donors (Lipinski definition) is 1. The van der Waals surface area contributed by atoms with Crippen molar-refractivity contribution in [3.8, 4) is 16.4 Å². The zero-order chi connectivity index (χ0) is 19.2. The molecule has 0 amide bonds. The number of aromatic nitrogens is 3. The predicted octanol–water partition coefficient (Wildman–Crippen LogP) is 3.64. The van der Waals surface area contributed by atoms with Crippen molar-refractivity contribution >= 4 is 23.1 Å². The van der Waals surface area contributed by atoms with Gasteiger partial charge in [-0.25, -0.2) is 0 Å². The Morgan fingerprint density at radius 3 is 2.89 bits per heavy atom. The molecule has 4 rings (SSSR count). The molecule has 2 unspecified atom stereocenters. The Morgan fingerprint density at radius 2 is 2.14 bits per heavy atom. The maximum absolute atomic E-state index is 10.3. The van der Waals surface area contributed by atoms with E-state index < -0.39 is 6.10 Å². The van der Waals surface area contributed by atoms with E-state index in [-0.39, 0.29) is 6.10 Å². The van der Waals surface area contributed by atoms with Gasteiger partial charge in [-0.3, -0.25) is 4.57 Å². The van der Waals surface area contributed by atoms with E-state index in [4.69, 9.17) is 9.47 Å². The maximum atomic E-state index is 10.3. The highest BCUT2D eigenvalue weighted by Gasteiger charge is 2.19. The van der Waals surface area contributed by atoms with Gasteiger partial charge in [-0.05, 0) is 36.4 Å². The molecule has 1 N–H and O–H groups in total. The highest BCUT2D eigenvalue weighted by molar-refractivity contribution is 7.99. The van der Waals surface area contributed by atoms with Gasteiger partial charge in [-0.1, -0.05) is 36.0 Å². The molecule has 0 aliphatic carbocycles. The van der Waals surface area contributed by atoms with Crippen LogP contribution in [0.5, 0.6) is 0 Å². The van der Waals surface area contributed by atoms with Gasteiger partial charge < -0.3 is 14.6 Å². The van der Waals surface area contributed by atoms with Gasteiger partial charge in [-0.15, -0.1) is 21.5 Å². The van der Waals surface area contributed by atoms with E-state index in [0.29, 0.717) is 19.0 Å². The molecule has 6 nitrogen and oxygen atoms in total. The Balaban J connectivity index is 1.41. The van der Waals surface area contributed by atoms with Gasteiger partial charge in [0.25, 0.3) is 0 Å². The molecule has 0 saturated carbocycles. The lowest BCUT2D eigenvalue weighted by Gasteiger charge is -2.14. The summed E-state index contributed by atoms with van der Waals surface area (Å²) in [6, 6.07) is 14.1. The summed E-state index contributed by atoms with van der Waals surface area (Å²) in [7, 11) is 0. The highest BCUT2D eigenvalue weighted by Crippen LogP contribution is 2.30. The van der Waals surface area contributed by atoms with E-state index in [9.17, 15) is 5.11 Å². The molecule has 1 aliphatic heterocycles. The van der Waals surface area contributed by atoms with Gasteiger partial charge >= 0.3 is 0 Å². The molecular weight excluding hydrogens is 394 g/mol. The molecule has 148 valence electrons. The van der Waals surface area contributed by atoms with Crippen LogP contribution in [0, 0.1) is 0 Å². The van der Waals surface area contributed by atoms with E-state index in [0.717, 1.165) is 41.0 Å². The summed E-state index contributed by atoms with van der Waals surface area (Å²) in [5.74, 6) is 1.30. The topological polar surface area (TPSA) is 69.4 Å². The average Bonchev–Trinajstić information content (AvgIpc) is 3.48. The molecular formula is C20H23N3O3S2. The first-order chi connectivity index (χ1) is 13.8. The normalized spacial score (nSPS) is 17.8. The molecule has 28 heavy (non-hydrogen) atoms. The van der Waals surface area contributed by atoms with Crippen LogP contribution in [-0.4, -0.2) is 57.7 Å². The van der Waals surface area contributed by atoms with Gasteiger partial charge in [0.05, 0.1) is 30.3 Å². The zero-order valence-corrected chi connectivity index (χ0v) is 17.1. The number of benzene rings is 1. The fraction of sp³-hybridized carbons (Fsp3) is 0.400. The Morgan fingerprint density at radius 1 is 1.25 bits per heavy atom. The number of thiophene rings is 1. The standard InChI is InChI=1S/C20H23N3O3S2/c24-16(12-25-13-17-8-4-10-26-17)14-28-20-22-21-19(18-9-5-11-27-18)23(20)15-6-2-1-3-7-15/h1-3,5-7,9,11,16-17,24H,4,8,10,12-14H2. The Kier molecular flexibility index (Phi) is 6.77. The quantitative estimate of drug-likeness (QED) is 0.536. The summed E-state index contributed by atoms with van der Waals surface area (Å²) in [5, 5.41) is 21.9. The number of aliphatic hydroxyl groups is 1. The first-order valence-corrected chi connectivity index (χ1v) is 11.2. The van der Waals surface area contributed by atoms with E-state index in [2.05, 4.69) is 10.2 Å². The molecule has 1 fully saturated rings. The third kappa shape index (κ3) is 4.82.